The van der Waals surface area contributed by atoms with Gasteiger partial charge in [-0.2, -0.15) is 0 Å². The zero-order chi connectivity index (χ0) is 17.4. The first kappa shape index (κ1) is 16.8. The van der Waals surface area contributed by atoms with Gasteiger partial charge in [0, 0.05) is 10.4 Å². The van der Waals surface area contributed by atoms with E-state index in [4.69, 9.17) is 0 Å². The first-order valence-corrected chi connectivity index (χ1v) is 9.95. The van der Waals surface area contributed by atoms with Gasteiger partial charge in [-0.25, -0.2) is 4.79 Å². The number of benzene rings is 1. The number of piperidine rings is 1. The topological polar surface area (TPSA) is 82.2 Å². The number of carbonyl (C=O) groups excluding carboxylic acids is 1. The number of fused-ring (bicyclic) bond motifs is 2. The molecule has 2 heterocycles. The number of carbonyl (C=O) groups is 1. The number of nitrogens with one attached hydrogen (secondary N) is 4. The molecule has 1 aliphatic heterocycles. The van der Waals surface area contributed by atoms with Crippen molar-refractivity contribution in [2.24, 2.45) is 5.92 Å². The Morgan fingerprint density at radius 2 is 1.88 bits per heavy atom. The SMILES string of the molecule is O=C(C[NH+]1CCC[C@@H]2CCCC[C@@H]21)Nc1cc2[nH]c(=O)[nH]c2cc1Br. The molecular weight excluding hydrogens is 384 g/mol. The second kappa shape index (κ2) is 6.96. The lowest BCUT2D eigenvalue weighted by Gasteiger charge is -2.40. The number of H-pyrrole nitrogens is 2. The molecule has 4 N–H and O–H groups in total. The average Bonchev–Trinajstić information content (AvgIpc) is 2.94. The normalized spacial score (nSPS) is 26.4. The van der Waals surface area contributed by atoms with Crippen LogP contribution in [0.25, 0.3) is 11.0 Å². The Labute approximate surface area is 154 Å². The minimum Gasteiger partial charge on any atom is -0.324 e. The molecule has 2 aromatic rings. The van der Waals surface area contributed by atoms with E-state index in [0.717, 1.165) is 22.5 Å². The molecule has 1 unspecified atom stereocenters. The van der Waals surface area contributed by atoms with Gasteiger partial charge in [0.1, 0.15) is 0 Å². The number of hydrogen-bond acceptors (Lipinski definition) is 2. The van der Waals surface area contributed by atoms with Gasteiger partial charge in [-0.1, -0.05) is 6.42 Å². The van der Waals surface area contributed by atoms with Crippen molar-refractivity contribution in [3.05, 3.63) is 27.1 Å². The molecule has 1 saturated carbocycles. The van der Waals surface area contributed by atoms with Gasteiger partial charge < -0.3 is 20.2 Å². The number of amides is 1. The number of rotatable bonds is 3. The summed E-state index contributed by atoms with van der Waals surface area (Å²) in [5.41, 5.74) is 1.87. The molecule has 2 aliphatic rings. The molecule has 1 saturated heterocycles. The summed E-state index contributed by atoms with van der Waals surface area (Å²) in [5.74, 6) is 0.845. The van der Waals surface area contributed by atoms with E-state index in [1.807, 2.05) is 6.07 Å². The predicted octanol–water partition coefficient (Wildman–Crippen LogP) is 1.79. The van der Waals surface area contributed by atoms with Crippen molar-refractivity contribution in [2.75, 3.05) is 18.4 Å². The Morgan fingerprint density at radius 1 is 1.16 bits per heavy atom. The lowest BCUT2D eigenvalue weighted by Crippen LogP contribution is -3.18. The van der Waals surface area contributed by atoms with Crippen LogP contribution in [0.5, 0.6) is 0 Å². The maximum absolute atomic E-state index is 12.6. The lowest BCUT2D eigenvalue weighted by atomic mass is 9.78. The van der Waals surface area contributed by atoms with E-state index in [0.29, 0.717) is 23.8 Å². The van der Waals surface area contributed by atoms with Crippen molar-refractivity contribution in [3.63, 3.8) is 0 Å². The van der Waals surface area contributed by atoms with Crippen LogP contribution in [-0.4, -0.2) is 35.0 Å². The highest BCUT2D eigenvalue weighted by atomic mass is 79.9. The van der Waals surface area contributed by atoms with Gasteiger partial charge in [-0.3, -0.25) is 4.79 Å². The quantitative estimate of drug-likeness (QED) is 0.625. The molecule has 3 atom stereocenters. The summed E-state index contributed by atoms with van der Waals surface area (Å²) in [6.07, 6.45) is 7.80. The average molecular weight is 408 g/mol. The summed E-state index contributed by atoms with van der Waals surface area (Å²) >= 11 is 3.48. The van der Waals surface area contributed by atoms with E-state index < -0.39 is 0 Å². The van der Waals surface area contributed by atoms with Crippen LogP contribution in [0.15, 0.2) is 21.4 Å². The molecule has 25 heavy (non-hydrogen) atoms. The Kier molecular flexibility index (Phi) is 4.69. The fourth-order valence-electron chi connectivity index (χ4n) is 4.64. The van der Waals surface area contributed by atoms with Crippen LogP contribution in [0.2, 0.25) is 0 Å². The smallest absolute Gasteiger partial charge is 0.323 e. The molecule has 4 rings (SSSR count). The van der Waals surface area contributed by atoms with Crippen LogP contribution < -0.4 is 15.9 Å². The number of halogens is 1. The minimum atomic E-state index is -0.244. The monoisotopic (exact) mass is 407 g/mol. The van der Waals surface area contributed by atoms with Crippen molar-refractivity contribution in [1.82, 2.24) is 9.97 Å². The molecule has 0 radical (unpaired) electrons. The fraction of sp³-hybridized carbons (Fsp3) is 0.556. The molecule has 1 amide bonds. The van der Waals surface area contributed by atoms with Crippen LogP contribution in [0.3, 0.4) is 0 Å². The molecule has 1 aromatic carbocycles. The van der Waals surface area contributed by atoms with E-state index >= 15 is 0 Å². The zero-order valence-electron chi connectivity index (χ0n) is 14.2. The van der Waals surface area contributed by atoms with Crippen molar-refractivity contribution in [2.45, 2.75) is 44.6 Å². The first-order chi connectivity index (χ1) is 12.1. The van der Waals surface area contributed by atoms with Crippen molar-refractivity contribution >= 4 is 38.6 Å². The van der Waals surface area contributed by atoms with Crippen molar-refractivity contribution in [3.8, 4) is 0 Å². The summed E-state index contributed by atoms with van der Waals surface area (Å²) in [6.45, 7) is 1.62. The van der Waals surface area contributed by atoms with Crippen molar-refractivity contribution < 1.29 is 9.69 Å². The maximum atomic E-state index is 12.6. The van der Waals surface area contributed by atoms with Crippen LogP contribution in [-0.2, 0) is 4.79 Å². The molecule has 6 nitrogen and oxygen atoms in total. The van der Waals surface area contributed by atoms with Gasteiger partial charge in [-0.15, -0.1) is 0 Å². The van der Waals surface area contributed by atoms with Crippen LogP contribution in [0, 0.1) is 5.92 Å². The van der Waals surface area contributed by atoms with E-state index in [2.05, 4.69) is 31.2 Å². The van der Waals surface area contributed by atoms with Gasteiger partial charge in [-0.05, 0) is 60.2 Å². The number of aromatic nitrogens is 2. The number of quaternary nitrogens is 1. The summed E-state index contributed by atoms with van der Waals surface area (Å²) in [4.78, 5) is 30.9. The van der Waals surface area contributed by atoms with Gasteiger partial charge in [0.25, 0.3) is 5.91 Å². The number of imidazole rings is 1. The first-order valence-electron chi connectivity index (χ1n) is 9.16. The summed E-state index contributed by atoms with van der Waals surface area (Å²) in [5, 5.41) is 3.01. The number of likely N-dealkylation sites (tertiary alicyclic amines) is 1. The largest absolute Gasteiger partial charge is 0.324 e. The Balaban J connectivity index is 1.46. The third-order valence-electron chi connectivity index (χ3n) is 5.77. The highest BCUT2D eigenvalue weighted by molar-refractivity contribution is 9.10. The molecular formula is C18H24BrN4O2+. The van der Waals surface area contributed by atoms with Crippen LogP contribution in [0.4, 0.5) is 5.69 Å². The van der Waals surface area contributed by atoms with Crippen LogP contribution >= 0.6 is 15.9 Å². The summed E-state index contributed by atoms with van der Waals surface area (Å²) in [7, 11) is 0. The van der Waals surface area contributed by atoms with Gasteiger partial charge >= 0.3 is 5.69 Å². The number of aromatic amines is 2. The number of hydrogen-bond donors (Lipinski definition) is 4. The fourth-order valence-corrected chi connectivity index (χ4v) is 5.08. The molecule has 1 aromatic heterocycles. The second-order valence-corrected chi connectivity index (χ2v) is 8.24. The Morgan fingerprint density at radius 3 is 2.72 bits per heavy atom. The van der Waals surface area contributed by atoms with Gasteiger partial charge in [0.2, 0.25) is 0 Å². The summed E-state index contributed by atoms with van der Waals surface area (Å²) < 4.78 is 0.771. The zero-order valence-corrected chi connectivity index (χ0v) is 15.7. The third-order valence-corrected chi connectivity index (χ3v) is 6.43. The second-order valence-electron chi connectivity index (χ2n) is 7.38. The van der Waals surface area contributed by atoms with Crippen molar-refractivity contribution in [1.29, 1.82) is 0 Å². The third kappa shape index (κ3) is 3.53. The predicted molar refractivity (Wildman–Crippen MR) is 101 cm³/mol. The molecule has 134 valence electrons. The highest BCUT2D eigenvalue weighted by Crippen LogP contribution is 2.28. The molecule has 2 fully saturated rings. The van der Waals surface area contributed by atoms with Gasteiger partial charge in [0.05, 0.1) is 29.3 Å². The molecule has 1 aliphatic carbocycles. The highest BCUT2D eigenvalue weighted by Gasteiger charge is 2.37. The van der Waals surface area contributed by atoms with E-state index in [9.17, 15) is 9.59 Å². The molecule has 7 heteroatoms. The minimum absolute atomic E-state index is 0.0409. The van der Waals surface area contributed by atoms with E-state index in [1.165, 1.54) is 43.4 Å². The van der Waals surface area contributed by atoms with E-state index in [1.54, 1.807) is 6.07 Å². The molecule has 0 bridgehead atoms. The summed E-state index contributed by atoms with van der Waals surface area (Å²) in [6, 6.07) is 4.26. The Hall–Kier alpha value is -1.60. The standard InChI is InChI=1S/C18H23BrN4O2/c19-12-8-14-15(22-18(25)21-14)9-13(12)20-17(24)10-23-7-3-5-11-4-1-2-6-16(11)23/h8-9,11,16H,1-7,10H2,(H,20,24)(H2,21,22,25)/p+1/t11-,16-/m0/s1. The van der Waals surface area contributed by atoms with Gasteiger partial charge in [0.15, 0.2) is 6.54 Å². The van der Waals surface area contributed by atoms with E-state index in [-0.39, 0.29) is 11.6 Å². The lowest BCUT2D eigenvalue weighted by molar-refractivity contribution is -0.928. The maximum Gasteiger partial charge on any atom is 0.323 e. The number of anilines is 1. The van der Waals surface area contributed by atoms with Crippen LogP contribution in [0.1, 0.15) is 38.5 Å². The molecule has 0 spiro atoms. The Bertz CT molecular complexity index is 841.